The van der Waals surface area contributed by atoms with Crippen LogP contribution in [0, 0.1) is 5.82 Å². The van der Waals surface area contributed by atoms with Crippen LogP contribution in [0.2, 0.25) is 5.02 Å². The van der Waals surface area contributed by atoms with Gasteiger partial charge in [0.25, 0.3) is 0 Å². The number of carbonyl (C=O) groups is 1. The molecule has 23 heavy (non-hydrogen) atoms. The number of halogens is 2. The molecule has 0 aliphatic carbocycles. The van der Waals surface area contributed by atoms with E-state index in [1.54, 1.807) is 24.1 Å². The van der Waals surface area contributed by atoms with E-state index in [4.69, 9.17) is 11.6 Å². The van der Waals surface area contributed by atoms with Crippen molar-refractivity contribution in [2.75, 3.05) is 18.9 Å². The summed E-state index contributed by atoms with van der Waals surface area (Å²) in [6.07, 6.45) is 0.912. The first kappa shape index (κ1) is 17.4. The second-order valence-corrected chi connectivity index (χ2v) is 5.88. The lowest BCUT2D eigenvalue weighted by Crippen LogP contribution is -2.30. The smallest absolute Gasteiger partial charge is 0.238 e. The Labute approximate surface area is 141 Å². The molecule has 0 fully saturated rings. The number of likely N-dealkylation sites (N-methyl/N-ethyl adjacent to an activating group) is 1. The lowest BCUT2D eigenvalue weighted by atomic mass is 10.1. The molecule has 0 radical (unpaired) electrons. The highest BCUT2D eigenvalue weighted by Crippen LogP contribution is 2.20. The molecule has 2 aromatic carbocycles. The quantitative estimate of drug-likeness (QED) is 0.862. The second-order valence-electron chi connectivity index (χ2n) is 5.47. The van der Waals surface area contributed by atoms with Gasteiger partial charge in [-0.1, -0.05) is 36.7 Å². The molecule has 0 heterocycles. The van der Waals surface area contributed by atoms with Gasteiger partial charge >= 0.3 is 0 Å². The van der Waals surface area contributed by atoms with E-state index in [1.807, 2.05) is 24.3 Å². The minimum Gasteiger partial charge on any atom is -0.325 e. The van der Waals surface area contributed by atoms with Crippen molar-refractivity contribution in [3.63, 3.8) is 0 Å². The summed E-state index contributed by atoms with van der Waals surface area (Å²) in [5.74, 6) is -0.506. The van der Waals surface area contributed by atoms with Crippen LogP contribution in [-0.4, -0.2) is 24.4 Å². The Morgan fingerprint density at radius 1 is 1.26 bits per heavy atom. The molecule has 0 unspecified atom stereocenters. The van der Waals surface area contributed by atoms with Gasteiger partial charge in [-0.15, -0.1) is 0 Å². The van der Waals surface area contributed by atoms with Crippen LogP contribution in [0.25, 0.3) is 0 Å². The molecule has 3 nitrogen and oxygen atoms in total. The minimum atomic E-state index is -0.361. The maximum Gasteiger partial charge on any atom is 0.238 e. The summed E-state index contributed by atoms with van der Waals surface area (Å²) in [5, 5.41) is 3.22. The van der Waals surface area contributed by atoms with Gasteiger partial charge in [-0.05, 0) is 43.3 Å². The zero-order valence-electron chi connectivity index (χ0n) is 13.3. The van der Waals surface area contributed by atoms with Gasteiger partial charge in [-0.2, -0.15) is 0 Å². The predicted molar refractivity (Wildman–Crippen MR) is 92.2 cm³/mol. The molecule has 2 rings (SSSR count). The number of nitrogens with zero attached hydrogens (tertiary/aromatic N) is 1. The number of amides is 1. The lowest BCUT2D eigenvalue weighted by molar-refractivity contribution is -0.117. The third kappa shape index (κ3) is 5.05. The van der Waals surface area contributed by atoms with Gasteiger partial charge in [0, 0.05) is 22.8 Å². The lowest BCUT2D eigenvalue weighted by Gasteiger charge is -2.17. The van der Waals surface area contributed by atoms with E-state index < -0.39 is 0 Å². The van der Waals surface area contributed by atoms with Crippen LogP contribution >= 0.6 is 11.6 Å². The largest absolute Gasteiger partial charge is 0.325 e. The number of benzene rings is 2. The van der Waals surface area contributed by atoms with Crippen LogP contribution in [0.15, 0.2) is 42.5 Å². The molecule has 5 heteroatoms. The summed E-state index contributed by atoms with van der Waals surface area (Å²) in [5.41, 5.74) is 2.33. The number of hydrogen-bond donors (Lipinski definition) is 1. The van der Waals surface area contributed by atoms with E-state index in [-0.39, 0.29) is 24.8 Å². The normalized spacial score (nSPS) is 10.8. The predicted octanol–water partition coefficient (Wildman–Crippen LogP) is 4.11. The van der Waals surface area contributed by atoms with Gasteiger partial charge < -0.3 is 5.32 Å². The summed E-state index contributed by atoms with van der Waals surface area (Å²) in [4.78, 5) is 13.8. The molecule has 0 aromatic heterocycles. The Hall–Kier alpha value is -1.91. The highest BCUT2D eigenvalue weighted by molar-refractivity contribution is 6.31. The molecule has 0 atom stereocenters. The molecule has 2 aromatic rings. The zero-order valence-corrected chi connectivity index (χ0v) is 14.0. The van der Waals surface area contributed by atoms with Gasteiger partial charge in [0.1, 0.15) is 5.82 Å². The summed E-state index contributed by atoms with van der Waals surface area (Å²) < 4.78 is 13.8. The fourth-order valence-corrected chi connectivity index (χ4v) is 2.55. The standard InChI is InChI=1S/C18H20ClFN2O/c1-3-13-6-4-7-14(10-13)21-18(23)12-22(2)11-15-16(19)8-5-9-17(15)20/h4-10H,3,11-12H2,1-2H3,(H,21,23). The van der Waals surface area contributed by atoms with Gasteiger partial charge in [0.05, 0.1) is 6.54 Å². The molecular formula is C18H20ClFN2O. The van der Waals surface area contributed by atoms with E-state index in [1.165, 1.54) is 6.07 Å². The monoisotopic (exact) mass is 334 g/mol. The average Bonchev–Trinajstić information content (AvgIpc) is 2.51. The molecule has 0 bridgehead atoms. The number of rotatable bonds is 6. The fraction of sp³-hybridized carbons (Fsp3) is 0.278. The molecule has 1 amide bonds. The van der Waals surface area contributed by atoms with Crippen molar-refractivity contribution in [3.05, 3.63) is 64.4 Å². The maximum absolute atomic E-state index is 13.8. The van der Waals surface area contributed by atoms with Crippen LogP contribution in [0.4, 0.5) is 10.1 Å². The van der Waals surface area contributed by atoms with E-state index in [0.29, 0.717) is 10.6 Å². The van der Waals surface area contributed by atoms with Crippen molar-refractivity contribution in [2.45, 2.75) is 19.9 Å². The summed E-state index contributed by atoms with van der Waals surface area (Å²) in [6.45, 7) is 2.49. The van der Waals surface area contributed by atoms with E-state index in [2.05, 4.69) is 12.2 Å². The summed E-state index contributed by atoms with van der Waals surface area (Å²) in [6, 6.07) is 12.3. The Morgan fingerprint density at radius 2 is 2.00 bits per heavy atom. The third-order valence-electron chi connectivity index (χ3n) is 3.52. The molecule has 0 saturated heterocycles. The summed E-state index contributed by atoms with van der Waals surface area (Å²) >= 11 is 6.01. The molecular weight excluding hydrogens is 315 g/mol. The molecule has 0 saturated carbocycles. The van der Waals surface area contributed by atoms with Crippen molar-refractivity contribution in [1.82, 2.24) is 4.90 Å². The first-order valence-electron chi connectivity index (χ1n) is 7.49. The second kappa shape index (κ2) is 8.09. The van der Waals surface area contributed by atoms with E-state index >= 15 is 0 Å². The number of aryl methyl sites for hydroxylation is 1. The highest BCUT2D eigenvalue weighted by Gasteiger charge is 2.12. The number of nitrogens with one attached hydrogen (secondary N) is 1. The Kier molecular flexibility index (Phi) is 6.13. The highest BCUT2D eigenvalue weighted by atomic mass is 35.5. The van der Waals surface area contributed by atoms with Gasteiger partial charge in [-0.25, -0.2) is 4.39 Å². The summed E-state index contributed by atoms with van der Waals surface area (Å²) in [7, 11) is 1.75. The first-order valence-corrected chi connectivity index (χ1v) is 7.87. The topological polar surface area (TPSA) is 32.3 Å². The van der Waals surface area contributed by atoms with E-state index in [9.17, 15) is 9.18 Å². The van der Waals surface area contributed by atoms with E-state index in [0.717, 1.165) is 17.7 Å². The number of hydrogen-bond acceptors (Lipinski definition) is 2. The Balaban J connectivity index is 1.94. The molecule has 0 spiro atoms. The van der Waals surface area contributed by atoms with Crippen LogP contribution in [0.3, 0.4) is 0 Å². The first-order chi connectivity index (χ1) is 11.0. The fourth-order valence-electron chi connectivity index (χ4n) is 2.32. The van der Waals surface area contributed by atoms with Crippen LogP contribution in [0.5, 0.6) is 0 Å². The number of anilines is 1. The molecule has 0 aliphatic heterocycles. The van der Waals surface area contributed by atoms with Crippen molar-refractivity contribution in [3.8, 4) is 0 Å². The SMILES string of the molecule is CCc1cccc(NC(=O)CN(C)Cc2c(F)cccc2Cl)c1. The molecule has 1 N–H and O–H groups in total. The van der Waals surface area contributed by atoms with Gasteiger partial charge in [-0.3, -0.25) is 9.69 Å². The van der Waals surface area contributed by atoms with Crippen molar-refractivity contribution in [1.29, 1.82) is 0 Å². The maximum atomic E-state index is 13.8. The Bertz CT molecular complexity index is 670. The van der Waals surface area contributed by atoms with Crippen LogP contribution in [-0.2, 0) is 17.8 Å². The number of carbonyl (C=O) groups excluding carboxylic acids is 1. The molecule has 0 aliphatic rings. The average molecular weight is 335 g/mol. The third-order valence-corrected chi connectivity index (χ3v) is 3.88. The van der Waals surface area contributed by atoms with Crippen molar-refractivity contribution >= 4 is 23.2 Å². The Morgan fingerprint density at radius 3 is 2.70 bits per heavy atom. The zero-order chi connectivity index (χ0) is 16.8. The molecule has 122 valence electrons. The van der Waals surface area contributed by atoms with Gasteiger partial charge in [0.2, 0.25) is 5.91 Å². The van der Waals surface area contributed by atoms with Crippen molar-refractivity contribution in [2.24, 2.45) is 0 Å². The van der Waals surface area contributed by atoms with Gasteiger partial charge in [0.15, 0.2) is 0 Å². The van der Waals surface area contributed by atoms with Crippen molar-refractivity contribution < 1.29 is 9.18 Å². The minimum absolute atomic E-state index is 0.145. The van der Waals surface area contributed by atoms with Crippen LogP contribution < -0.4 is 5.32 Å². The van der Waals surface area contributed by atoms with Crippen LogP contribution in [0.1, 0.15) is 18.1 Å².